The molecule has 1 aliphatic heterocycles. The van der Waals surface area contributed by atoms with E-state index in [2.05, 4.69) is 37.6 Å². The average molecular weight is 473 g/mol. The Morgan fingerprint density at radius 1 is 0.857 bits per heavy atom. The predicted octanol–water partition coefficient (Wildman–Crippen LogP) is 4.54. The van der Waals surface area contributed by atoms with Gasteiger partial charge in [-0.15, -0.1) is 0 Å². The highest BCUT2D eigenvalue weighted by Gasteiger charge is 2.29. The molecule has 1 aliphatic rings. The summed E-state index contributed by atoms with van der Waals surface area (Å²) < 4.78 is 0. The van der Waals surface area contributed by atoms with E-state index >= 15 is 0 Å². The molecule has 8 nitrogen and oxygen atoms in total. The molecule has 1 fully saturated rings. The monoisotopic (exact) mass is 472 g/mol. The molecule has 0 saturated carbocycles. The van der Waals surface area contributed by atoms with Crippen LogP contribution >= 0.6 is 0 Å². The first-order valence-corrected chi connectivity index (χ1v) is 11.8. The van der Waals surface area contributed by atoms with Crippen LogP contribution in [0.1, 0.15) is 27.7 Å². The fraction of sp³-hybridized carbons (Fsp3) is 0.333. The van der Waals surface area contributed by atoms with Crippen molar-refractivity contribution in [3.05, 3.63) is 60.8 Å². The molecule has 0 unspecified atom stereocenters. The van der Waals surface area contributed by atoms with E-state index < -0.39 is 0 Å². The molecule has 8 heteroatoms. The molecule has 0 radical (unpaired) electrons. The van der Waals surface area contributed by atoms with E-state index in [0.717, 1.165) is 54.5 Å². The van der Waals surface area contributed by atoms with Gasteiger partial charge in [-0.2, -0.15) is 0 Å². The maximum atomic E-state index is 12.5. The Balaban J connectivity index is 1.37. The lowest BCUT2D eigenvalue weighted by Gasteiger charge is -2.38. The normalized spacial score (nSPS) is 13.9. The molecule has 3 aromatic rings. The van der Waals surface area contributed by atoms with Crippen molar-refractivity contribution in [1.82, 2.24) is 14.9 Å². The molecule has 2 aromatic carbocycles. The van der Waals surface area contributed by atoms with Gasteiger partial charge in [0.15, 0.2) is 0 Å². The van der Waals surface area contributed by atoms with Crippen molar-refractivity contribution < 1.29 is 9.59 Å². The topological polar surface area (TPSA) is 90.5 Å². The number of carbonyl (C=O) groups excluding carboxylic acids is 2. The van der Waals surface area contributed by atoms with Gasteiger partial charge in [-0.05, 0) is 42.5 Å². The molecule has 0 aliphatic carbocycles. The van der Waals surface area contributed by atoms with Crippen molar-refractivity contribution in [3.8, 4) is 11.3 Å². The molecule has 2 amide bonds. The average Bonchev–Trinajstić information content (AvgIpc) is 2.84. The van der Waals surface area contributed by atoms with Crippen molar-refractivity contribution in [2.24, 2.45) is 5.41 Å². The Kier molecular flexibility index (Phi) is 7.00. The fourth-order valence-electron chi connectivity index (χ4n) is 4.03. The van der Waals surface area contributed by atoms with Crippen molar-refractivity contribution in [2.45, 2.75) is 27.7 Å². The summed E-state index contributed by atoms with van der Waals surface area (Å²) in [6, 6.07) is 17.6. The first kappa shape index (κ1) is 24.2. The highest BCUT2D eigenvalue weighted by atomic mass is 16.2. The molecule has 0 atom stereocenters. The van der Waals surface area contributed by atoms with Crippen LogP contribution in [0.15, 0.2) is 60.8 Å². The van der Waals surface area contributed by atoms with Crippen molar-refractivity contribution in [3.63, 3.8) is 0 Å². The van der Waals surface area contributed by atoms with E-state index in [4.69, 9.17) is 0 Å². The number of benzene rings is 2. The van der Waals surface area contributed by atoms with Crippen molar-refractivity contribution >= 4 is 34.8 Å². The smallest absolute Gasteiger partial charge is 0.228 e. The molecule has 0 bridgehead atoms. The number of piperazine rings is 1. The zero-order chi connectivity index (χ0) is 25.0. The Hall–Kier alpha value is -3.94. The Bertz CT molecular complexity index is 1180. The van der Waals surface area contributed by atoms with Gasteiger partial charge >= 0.3 is 0 Å². The van der Waals surface area contributed by atoms with Crippen LogP contribution in [-0.2, 0) is 9.59 Å². The number of aromatic nitrogens is 2. The van der Waals surface area contributed by atoms with Gasteiger partial charge in [0.25, 0.3) is 0 Å². The number of rotatable bonds is 5. The van der Waals surface area contributed by atoms with Crippen LogP contribution in [0.5, 0.6) is 0 Å². The molecule has 4 rings (SSSR count). The second kappa shape index (κ2) is 10.1. The Morgan fingerprint density at radius 2 is 1.49 bits per heavy atom. The molecular formula is C27H32N6O2. The van der Waals surface area contributed by atoms with Crippen LogP contribution in [0.4, 0.5) is 23.0 Å². The lowest BCUT2D eigenvalue weighted by molar-refractivity contribution is -0.139. The zero-order valence-electron chi connectivity index (χ0n) is 20.7. The third kappa shape index (κ3) is 6.15. The second-order valence-corrected chi connectivity index (χ2v) is 9.73. The van der Waals surface area contributed by atoms with Crippen LogP contribution in [0.2, 0.25) is 0 Å². The van der Waals surface area contributed by atoms with Gasteiger partial charge in [0.05, 0.1) is 5.69 Å². The van der Waals surface area contributed by atoms with Gasteiger partial charge in [0, 0.05) is 67.3 Å². The van der Waals surface area contributed by atoms with Gasteiger partial charge in [-0.3, -0.25) is 9.59 Å². The summed E-state index contributed by atoms with van der Waals surface area (Å²) in [6.45, 7) is 10.5. The van der Waals surface area contributed by atoms with Crippen molar-refractivity contribution in [2.75, 3.05) is 41.7 Å². The van der Waals surface area contributed by atoms with E-state index in [0.29, 0.717) is 5.95 Å². The van der Waals surface area contributed by atoms with E-state index in [-0.39, 0.29) is 17.2 Å². The Labute approximate surface area is 206 Å². The van der Waals surface area contributed by atoms with Gasteiger partial charge in [0.2, 0.25) is 17.8 Å². The second-order valence-electron chi connectivity index (χ2n) is 9.73. The molecular weight excluding hydrogens is 440 g/mol. The SMILES string of the molecule is CC(=O)Nc1ccc(-c2ccnc(Nc3ccc(N4CCN(C(=O)C(C)(C)C)CC4)cc3)n2)cc1. The number of nitrogens with zero attached hydrogens (tertiary/aromatic N) is 4. The molecule has 2 heterocycles. The Morgan fingerprint density at radius 3 is 2.09 bits per heavy atom. The summed E-state index contributed by atoms with van der Waals surface area (Å²) >= 11 is 0. The minimum absolute atomic E-state index is 0.102. The number of carbonyl (C=O) groups is 2. The minimum Gasteiger partial charge on any atom is -0.368 e. The van der Waals surface area contributed by atoms with E-state index in [1.165, 1.54) is 6.92 Å². The maximum absolute atomic E-state index is 12.5. The van der Waals surface area contributed by atoms with Crippen LogP contribution in [0, 0.1) is 5.41 Å². The summed E-state index contributed by atoms with van der Waals surface area (Å²) in [6.07, 6.45) is 1.72. The van der Waals surface area contributed by atoms with E-state index in [1.807, 2.05) is 68.1 Å². The zero-order valence-corrected chi connectivity index (χ0v) is 20.7. The van der Waals surface area contributed by atoms with E-state index in [9.17, 15) is 9.59 Å². The molecule has 2 N–H and O–H groups in total. The van der Waals surface area contributed by atoms with Crippen LogP contribution in [-0.4, -0.2) is 52.9 Å². The summed E-state index contributed by atoms with van der Waals surface area (Å²) in [5, 5.41) is 6.03. The first-order chi connectivity index (χ1) is 16.7. The molecule has 1 saturated heterocycles. The van der Waals surface area contributed by atoms with Gasteiger partial charge in [-0.1, -0.05) is 32.9 Å². The third-order valence-electron chi connectivity index (χ3n) is 5.85. The first-order valence-electron chi connectivity index (χ1n) is 11.8. The number of amides is 2. The lowest BCUT2D eigenvalue weighted by Crippen LogP contribution is -2.51. The van der Waals surface area contributed by atoms with E-state index in [1.54, 1.807) is 6.20 Å². The highest BCUT2D eigenvalue weighted by Crippen LogP contribution is 2.25. The molecule has 35 heavy (non-hydrogen) atoms. The summed E-state index contributed by atoms with van der Waals surface area (Å²) in [5.41, 5.74) is 4.15. The molecule has 1 aromatic heterocycles. The van der Waals surface area contributed by atoms with Gasteiger partial charge in [0.1, 0.15) is 0 Å². The third-order valence-corrected chi connectivity index (χ3v) is 5.85. The van der Waals surface area contributed by atoms with Crippen LogP contribution in [0.25, 0.3) is 11.3 Å². The van der Waals surface area contributed by atoms with Crippen molar-refractivity contribution in [1.29, 1.82) is 0 Å². The largest absolute Gasteiger partial charge is 0.368 e. The van der Waals surface area contributed by atoms with Crippen LogP contribution in [0.3, 0.4) is 0 Å². The summed E-state index contributed by atoms with van der Waals surface area (Å²) in [4.78, 5) is 37.0. The minimum atomic E-state index is -0.342. The standard InChI is InChI=1S/C27H32N6O2/c1-19(34)29-21-7-5-20(6-8-21)24-13-14-28-26(31-24)30-22-9-11-23(12-10-22)32-15-17-33(18-16-32)25(35)27(2,3)4/h5-14H,15-18H2,1-4H3,(H,29,34)(H,28,30,31). The summed E-state index contributed by atoms with van der Waals surface area (Å²) in [5.74, 6) is 0.619. The van der Waals surface area contributed by atoms with Crippen LogP contribution < -0.4 is 15.5 Å². The number of nitrogens with one attached hydrogen (secondary N) is 2. The number of hydrogen-bond donors (Lipinski definition) is 2. The number of hydrogen-bond acceptors (Lipinski definition) is 6. The van der Waals surface area contributed by atoms with Gasteiger partial charge in [-0.25, -0.2) is 9.97 Å². The number of anilines is 4. The van der Waals surface area contributed by atoms with Gasteiger partial charge < -0.3 is 20.4 Å². The molecule has 0 spiro atoms. The predicted molar refractivity (Wildman–Crippen MR) is 140 cm³/mol. The summed E-state index contributed by atoms with van der Waals surface area (Å²) in [7, 11) is 0. The highest BCUT2D eigenvalue weighted by molar-refractivity contribution is 5.89. The fourth-order valence-corrected chi connectivity index (χ4v) is 4.03. The quantitative estimate of drug-likeness (QED) is 0.567. The molecule has 182 valence electrons. The lowest BCUT2D eigenvalue weighted by atomic mass is 9.94. The maximum Gasteiger partial charge on any atom is 0.228 e.